The second kappa shape index (κ2) is 3.41. The summed E-state index contributed by atoms with van der Waals surface area (Å²) in [4.78, 5) is 12.1. The van der Waals surface area contributed by atoms with Crippen molar-refractivity contribution in [3.8, 4) is 0 Å². The average Bonchev–Trinajstić information content (AvgIpc) is 2.73. The van der Waals surface area contributed by atoms with Crippen molar-refractivity contribution in [2.24, 2.45) is 11.3 Å². The summed E-state index contributed by atoms with van der Waals surface area (Å²) in [6.45, 7) is 3.60. The smallest absolute Gasteiger partial charge is 0.144 e. The Morgan fingerprint density at radius 2 is 2.08 bits per heavy atom. The van der Waals surface area contributed by atoms with Crippen LogP contribution in [-0.2, 0) is 9.53 Å². The third-order valence-electron chi connectivity index (χ3n) is 3.60. The highest BCUT2D eigenvalue weighted by molar-refractivity contribution is 5.87. The van der Waals surface area contributed by atoms with E-state index in [1.165, 1.54) is 12.8 Å². The fourth-order valence-corrected chi connectivity index (χ4v) is 2.64. The molecule has 2 nitrogen and oxygen atoms in total. The lowest BCUT2D eigenvalue weighted by Gasteiger charge is -2.24. The summed E-state index contributed by atoms with van der Waals surface area (Å²) in [5, 5.41) is 0. The Balaban J connectivity index is 2.02. The molecule has 1 unspecified atom stereocenters. The van der Waals surface area contributed by atoms with Crippen LogP contribution in [0.2, 0.25) is 0 Å². The molecule has 1 atom stereocenters. The first kappa shape index (κ1) is 9.20. The molecule has 1 saturated carbocycles. The van der Waals surface area contributed by atoms with Crippen LogP contribution < -0.4 is 0 Å². The zero-order valence-electron chi connectivity index (χ0n) is 8.34. The molecule has 0 radical (unpaired) electrons. The Labute approximate surface area is 79.7 Å². The van der Waals surface area contributed by atoms with Crippen molar-refractivity contribution in [2.75, 3.05) is 13.2 Å². The molecule has 13 heavy (non-hydrogen) atoms. The highest BCUT2D eigenvalue weighted by atomic mass is 16.5. The molecule has 0 aromatic carbocycles. The first-order chi connectivity index (χ1) is 6.22. The minimum atomic E-state index is -0.00162. The summed E-state index contributed by atoms with van der Waals surface area (Å²) < 4.78 is 5.26. The van der Waals surface area contributed by atoms with E-state index in [1.807, 2.05) is 0 Å². The molecule has 0 amide bonds. The molecule has 2 rings (SSSR count). The van der Waals surface area contributed by atoms with Crippen LogP contribution >= 0.6 is 0 Å². The summed E-state index contributed by atoms with van der Waals surface area (Å²) in [7, 11) is 0. The van der Waals surface area contributed by atoms with Gasteiger partial charge in [0.25, 0.3) is 0 Å². The van der Waals surface area contributed by atoms with E-state index >= 15 is 0 Å². The van der Waals surface area contributed by atoms with Crippen molar-refractivity contribution < 1.29 is 9.53 Å². The number of carbonyl (C=O) groups excluding carboxylic acids is 1. The van der Waals surface area contributed by atoms with E-state index in [0.717, 1.165) is 25.9 Å². The van der Waals surface area contributed by atoms with Gasteiger partial charge in [0.05, 0.1) is 6.61 Å². The fraction of sp³-hybridized carbons (Fsp3) is 0.909. The molecular formula is C11H18O2. The van der Waals surface area contributed by atoms with Crippen LogP contribution in [0.4, 0.5) is 0 Å². The molecule has 1 heterocycles. The second-order valence-electron chi connectivity index (χ2n) is 4.69. The molecule has 0 bridgehead atoms. The minimum Gasteiger partial charge on any atom is -0.381 e. The lowest BCUT2D eigenvalue weighted by Crippen LogP contribution is -2.31. The summed E-state index contributed by atoms with van der Waals surface area (Å²) in [6, 6.07) is 0. The summed E-state index contributed by atoms with van der Waals surface area (Å²) in [5.41, 5.74) is -0.00162. The van der Waals surface area contributed by atoms with Gasteiger partial charge in [-0.05, 0) is 19.3 Å². The normalized spacial score (nSPS) is 32.2. The summed E-state index contributed by atoms with van der Waals surface area (Å²) >= 11 is 0. The van der Waals surface area contributed by atoms with Gasteiger partial charge in [0, 0.05) is 17.9 Å². The molecule has 0 aromatic rings. The fourth-order valence-electron chi connectivity index (χ4n) is 2.64. The SMILES string of the molecule is CC1(C(=O)C2CCOC2)CCCC1. The predicted octanol–water partition coefficient (Wildman–Crippen LogP) is 2.17. The number of Topliss-reactive ketones (excluding diaryl/α,β-unsaturated/α-hetero) is 1. The standard InChI is InChI=1S/C11H18O2/c1-11(5-2-3-6-11)10(12)9-4-7-13-8-9/h9H,2-8H2,1H3. The van der Waals surface area contributed by atoms with Crippen molar-refractivity contribution in [3.05, 3.63) is 0 Å². The number of hydrogen-bond donors (Lipinski definition) is 0. The number of rotatable bonds is 2. The van der Waals surface area contributed by atoms with Crippen LogP contribution in [-0.4, -0.2) is 19.0 Å². The van der Waals surface area contributed by atoms with E-state index in [0.29, 0.717) is 12.4 Å². The van der Waals surface area contributed by atoms with Crippen LogP contribution in [0.25, 0.3) is 0 Å². The van der Waals surface area contributed by atoms with Crippen LogP contribution in [0.5, 0.6) is 0 Å². The maximum atomic E-state index is 12.1. The van der Waals surface area contributed by atoms with Gasteiger partial charge in [0.2, 0.25) is 0 Å². The van der Waals surface area contributed by atoms with E-state index in [4.69, 9.17) is 4.74 Å². The molecule has 2 heteroatoms. The van der Waals surface area contributed by atoms with Gasteiger partial charge in [-0.1, -0.05) is 19.8 Å². The zero-order valence-corrected chi connectivity index (χ0v) is 8.34. The lowest BCUT2D eigenvalue weighted by molar-refractivity contribution is -0.131. The maximum absolute atomic E-state index is 12.1. The van der Waals surface area contributed by atoms with E-state index in [-0.39, 0.29) is 11.3 Å². The lowest BCUT2D eigenvalue weighted by atomic mass is 9.78. The Morgan fingerprint density at radius 3 is 2.62 bits per heavy atom. The van der Waals surface area contributed by atoms with Crippen LogP contribution in [0, 0.1) is 11.3 Å². The Morgan fingerprint density at radius 1 is 1.38 bits per heavy atom. The Hall–Kier alpha value is -0.370. The quantitative estimate of drug-likeness (QED) is 0.654. The molecular weight excluding hydrogens is 164 g/mol. The molecule has 74 valence electrons. The molecule has 1 saturated heterocycles. The van der Waals surface area contributed by atoms with Gasteiger partial charge in [-0.15, -0.1) is 0 Å². The first-order valence-corrected chi connectivity index (χ1v) is 5.34. The van der Waals surface area contributed by atoms with Crippen molar-refractivity contribution in [1.29, 1.82) is 0 Å². The minimum absolute atomic E-state index is 0.00162. The Kier molecular flexibility index (Phi) is 2.41. The van der Waals surface area contributed by atoms with Gasteiger partial charge in [0.1, 0.15) is 5.78 Å². The van der Waals surface area contributed by atoms with Crippen molar-refractivity contribution in [1.82, 2.24) is 0 Å². The Bertz CT molecular complexity index is 198. The van der Waals surface area contributed by atoms with Crippen LogP contribution in [0.1, 0.15) is 39.0 Å². The van der Waals surface area contributed by atoms with Gasteiger partial charge < -0.3 is 4.74 Å². The molecule has 0 spiro atoms. The summed E-state index contributed by atoms with van der Waals surface area (Å²) in [6.07, 6.45) is 5.62. The highest BCUT2D eigenvalue weighted by Gasteiger charge is 2.40. The largest absolute Gasteiger partial charge is 0.381 e. The molecule has 2 aliphatic rings. The second-order valence-corrected chi connectivity index (χ2v) is 4.69. The first-order valence-electron chi connectivity index (χ1n) is 5.34. The van der Waals surface area contributed by atoms with Gasteiger partial charge in [-0.25, -0.2) is 0 Å². The zero-order chi connectivity index (χ0) is 9.31. The highest BCUT2D eigenvalue weighted by Crippen LogP contribution is 2.41. The maximum Gasteiger partial charge on any atom is 0.144 e. The van der Waals surface area contributed by atoms with E-state index in [9.17, 15) is 4.79 Å². The van der Waals surface area contributed by atoms with Crippen molar-refractivity contribution >= 4 is 5.78 Å². The van der Waals surface area contributed by atoms with E-state index in [1.54, 1.807) is 0 Å². The molecule has 2 fully saturated rings. The van der Waals surface area contributed by atoms with Gasteiger partial charge in [-0.3, -0.25) is 4.79 Å². The third kappa shape index (κ3) is 1.64. The van der Waals surface area contributed by atoms with Crippen LogP contribution in [0.15, 0.2) is 0 Å². The number of ether oxygens (including phenoxy) is 1. The average molecular weight is 182 g/mol. The number of hydrogen-bond acceptors (Lipinski definition) is 2. The molecule has 1 aliphatic carbocycles. The van der Waals surface area contributed by atoms with Crippen LogP contribution in [0.3, 0.4) is 0 Å². The summed E-state index contributed by atoms with van der Waals surface area (Å²) in [5.74, 6) is 0.686. The molecule has 0 aromatic heterocycles. The monoisotopic (exact) mass is 182 g/mol. The molecule has 0 N–H and O–H groups in total. The van der Waals surface area contributed by atoms with E-state index in [2.05, 4.69) is 6.92 Å². The van der Waals surface area contributed by atoms with Crippen molar-refractivity contribution in [2.45, 2.75) is 39.0 Å². The van der Waals surface area contributed by atoms with Crippen molar-refractivity contribution in [3.63, 3.8) is 0 Å². The predicted molar refractivity (Wildman–Crippen MR) is 50.5 cm³/mol. The number of carbonyl (C=O) groups is 1. The molecule has 1 aliphatic heterocycles. The third-order valence-corrected chi connectivity index (χ3v) is 3.60. The number of ketones is 1. The van der Waals surface area contributed by atoms with Gasteiger partial charge in [-0.2, -0.15) is 0 Å². The van der Waals surface area contributed by atoms with E-state index < -0.39 is 0 Å². The van der Waals surface area contributed by atoms with Gasteiger partial charge >= 0.3 is 0 Å². The topological polar surface area (TPSA) is 26.3 Å². The van der Waals surface area contributed by atoms with Gasteiger partial charge in [0.15, 0.2) is 0 Å².